The van der Waals surface area contributed by atoms with Crippen LogP contribution in [0.1, 0.15) is 25.8 Å². The summed E-state index contributed by atoms with van der Waals surface area (Å²) in [6.45, 7) is 6.17. The van der Waals surface area contributed by atoms with E-state index >= 15 is 0 Å². The molecule has 0 aliphatic carbocycles. The van der Waals surface area contributed by atoms with Crippen LogP contribution in [0.3, 0.4) is 0 Å². The van der Waals surface area contributed by atoms with Crippen molar-refractivity contribution in [2.45, 2.75) is 43.4 Å². The van der Waals surface area contributed by atoms with Gasteiger partial charge >= 0.3 is 152 Å². The second-order valence-electron chi connectivity index (χ2n) is 6.05. The summed E-state index contributed by atoms with van der Waals surface area (Å²) in [6, 6.07) is 17.3. The van der Waals surface area contributed by atoms with Crippen LogP contribution in [0.2, 0.25) is 5.32 Å². The molecule has 1 N–H and O–H groups in total. The molecular formula is C19H25NO2SSe. The number of benzene rings is 2. The fourth-order valence-corrected chi connectivity index (χ4v) is 6.25. The van der Waals surface area contributed by atoms with Gasteiger partial charge in [0.2, 0.25) is 0 Å². The Balaban J connectivity index is 2.11. The van der Waals surface area contributed by atoms with Gasteiger partial charge in [0.25, 0.3) is 0 Å². The number of rotatable bonds is 8. The maximum atomic E-state index is 12.7. The van der Waals surface area contributed by atoms with Crippen LogP contribution in [0.5, 0.6) is 0 Å². The van der Waals surface area contributed by atoms with E-state index in [1.54, 1.807) is 12.1 Å². The molecule has 0 aromatic heterocycles. The summed E-state index contributed by atoms with van der Waals surface area (Å²) < 4.78 is 29.6. The minimum absolute atomic E-state index is 0.0403. The Kier molecular flexibility index (Phi) is 7.05. The van der Waals surface area contributed by atoms with Crippen molar-refractivity contribution in [2.24, 2.45) is 5.92 Å². The zero-order valence-corrected chi connectivity index (χ0v) is 16.9. The van der Waals surface area contributed by atoms with E-state index in [0.29, 0.717) is 10.8 Å². The fraction of sp³-hybridized carbons (Fsp3) is 0.368. The molecule has 3 nitrogen and oxygen atoms in total. The predicted molar refractivity (Wildman–Crippen MR) is 101 cm³/mol. The summed E-state index contributed by atoms with van der Waals surface area (Å²) in [7, 11) is -3.48. The molecule has 130 valence electrons. The van der Waals surface area contributed by atoms with Gasteiger partial charge in [-0.3, -0.25) is 0 Å². The molecule has 0 heterocycles. The second-order valence-corrected chi connectivity index (χ2v) is 10.1. The van der Waals surface area contributed by atoms with Gasteiger partial charge in [0.1, 0.15) is 0 Å². The Morgan fingerprint density at radius 3 is 2.25 bits per heavy atom. The van der Waals surface area contributed by atoms with Crippen LogP contribution in [0, 0.1) is 12.8 Å². The van der Waals surface area contributed by atoms with Crippen LogP contribution in [0.4, 0.5) is 0 Å². The monoisotopic (exact) mass is 411 g/mol. The number of nitrogens with one attached hydrogen (secondary N) is 1. The minimum atomic E-state index is -3.48. The van der Waals surface area contributed by atoms with Crippen LogP contribution in [0.25, 0.3) is 0 Å². The van der Waals surface area contributed by atoms with Crippen molar-refractivity contribution in [1.29, 1.82) is 0 Å². The molecule has 0 saturated carbocycles. The van der Waals surface area contributed by atoms with Crippen molar-refractivity contribution in [3.8, 4) is 0 Å². The van der Waals surface area contributed by atoms with Gasteiger partial charge in [0.05, 0.1) is 0 Å². The molecule has 0 aliphatic heterocycles. The van der Waals surface area contributed by atoms with Gasteiger partial charge in [0.15, 0.2) is 0 Å². The normalized spacial score (nSPS) is 14.3. The van der Waals surface area contributed by atoms with E-state index in [2.05, 4.69) is 30.7 Å². The van der Waals surface area contributed by atoms with E-state index in [9.17, 15) is 8.42 Å². The zero-order valence-electron chi connectivity index (χ0n) is 14.4. The summed E-state index contributed by atoms with van der Waals surface area (Å²) >= 11 is 0.255. The molecule has 2 aromatic carbocycles. The summed E-state index contributed by atoms with van der Waals surface area (Å²) in [4.78, 5) is 0.341. The predicted octanol–water partition coefficient (Wildman–Crippen LogP) is 3.14. The first-order valence-electron chi connectivity index (χ1n) is 8.19. The Morgan fingerprint density at radius 1 is 1.04 bits per heavy atom. The van der Waals surface area contributed by atoms with Gasteiger partial charge in [-0.2, -0.15) is 0 Å². The number of hydrogen-bond donors (Lipinski definition) is 1. The van der Waals surface area contributed by atoms with Crippen molar-refractivity contribution in [1.82, 2.24) is 4.72 Å². The summed E-state index contributed by atoms with van der Waals surface area (Å²) in [5.74, 6) is 0.302. The quantitative estimate of drug-likeness (QED) is 0.680. The molecule has 0 radical (unpaired) electrons. The Labute approximate surface area is 152 Å². The van der Waals surface area contributed by atoms with Gasteiger partial charge in [-0.1, -0.05) is 0 Å². The molecule has 0 fully saturated rings. The average Bonchev–Trinajstić information content (AvgIpc) is 2.59. The van der Waals surface area contributed by atoms with Crippen molar-refractivity contribution in [3.05, 3.63) is 60.2 Å². The zero-order chi connectivity index (χ0) is 17.6. The van der Waals surface area contributed by atoms with E-state index < -0.39 is 10.0 Å². The van der Waals surface area contributed by atoms with Crippen LogP contribution in [-0.2, 0) is 10.0 Å². The van der Waals surface area contributed by atoms with Crippen molar-refractivity contribution >= 4 is 29.4 Å². The van der Waals surface area contributed by atoms with Gasteiger partial charge < -0.3 is 0 Å². The first kappa shape index (κ1) is 19.2. The summed E-state index contributed by atoms with van der Waals surface area (Å²) in [6.07, 6.45) is 0.950. The Bertz CT molecular complexity index is 730. The molecule has 0 aliphatic rings. The third kappa shape index (κ3) is 5.45. The fourth-order valence-electron chi connectivity index (χ4n) is 2.29. The molecule has 0 saturated heterocycles. The summed E-state index contributed by atoms with van der Waals surface area (Å²) in [5.41, 5.74) is 1.06. The third-order valence-corrected chi connectivity index (χ3v) is 8.02. The molecule has 2 rings (SSSR count). The molecule has 0 unspecified atom stereocenters. The topological polar surface area (TPSA) is 46.2 Å². The molecule has 2 aromatic rings. The van der Waals surface area contributed by atoms with Gasteiger partial charge in [-0.25, -0.2) is 0 Å². The molecule has 24 heavy (non-hydrogen) atoms. The Morgan fingerprint density at radius 2 is 1.67 bits per heavy atom. The summed E-state index contributed by atoms with van der Waals surface area (Å²) in [5, 5.41) is 0.858. The van der Waals surface area contributed by atoms with Crippen LogP contribution in [-0.4, -0.2) is 29.4 Å². The van der Waals surface area contributed by atoms with Crippen LogP contribution in [0.15, 0.2) is 59.5 Å². The van der Waals surface area contributed by atoms with Crippen molar-refractivity contribution in [2.75, 3.05) is 0 Å². The van der Waals surface area contributed by atoms with Gasteiger partial charge in [-0.15, -0.1) is 0 Å². The molecule has 0 spiro atoms. The third-order valence-electron chi connectivity index (χ3n) is 4.14. The van der Waals surface area contributed by atoms with Gasteiger partial charge in [0, 0.05) is 0 Å². The Hall–Kier alpha value is -1.13. The SMILES string of the molecule is CC[C@H](C)[C@@H](C[Se]c1ccccc1)NS(=O)(=O)c1ccc(C)cc1. The van der Waals surface area contributed by atoms with Gasteiger partial charge in [-0.05, 0) is 0 Å². The standard InChI is InChI=1S/C19H25NO2SSe/c1-4-16(3)19(14-24-18-8-6-5-7-9-18)20-23(21,22)17-12-10-15(2)11-13-17/h5-13,16,19-20H,4,14H2,1-3H3/t16-,19+/m0/s1. The van der Waals surface area contributed by atoms with E-state index in [1.165, 1.54) is 4.46 Å². The van der Waals surface area contributed by atoms with E-state index in [-0.39, 0.29) is 21.0 Å². The number of hydrogen-bond acceptors (Lipinski definition) is 2. The van der Waals surface area contributed by atoms with Crippen LogP contribution < -0.4 is 9.18 Å². The average molecular weight is 410 g/mol. The molecule has 2 atom stereocenters. The maximum absolute atomic E-state index is 12.7. The molecule has 0 bridgehead atoms. The molecular weight excluding hydrogens is 385 g/mol. The van der Waals surface area contributed by atoms with E-state index in [0.717, 1.165) is 17.3 Å². The second kappa shape index (κ2) is 8.82. The van der Waals surface area contributed by atoms with E-state index in [4.69, 9.17) is 0 Å². The van der Waals surface area contributed by atoms with Crippen LogP contribution >= 0.6 is 0 Å². The van der Waals surface area contributed by atoms with Crippen molar-refractivity contribution < 1.29 is 8.42 Å². The molecule has 0 amide bonds. The molecule has 5 heteroatoms. The number of sulfonamides is 1. The van der Waals surface area contributed by atoms with Crippen molar-refractivity contribution in [3.63, 3.8) is 0 Å². The first-order valence-corrected chi connectivity index (χ1v) is 11.7. The first-order chi connectivity index (χ1) is 11.4. The number of aryl methyl sites for hydroxylation is 1. The van der Waals surface area contributed by atoms with E-state index in [1.807, 2.05) is 37.3 Å².